The van der Waals surface area contributed by atoms with Crippen LogP contribution in [-0.4, -0.2) is 87.1 Å². The Hall–Kier alpha value is -1.52. The molecule has 2 aliphatic heterocycles. The molecule has 7 nitrogen and oxygen atoms in total. The molecule has 0 N–H and O–H groups in total. The van der Waals surface area contributed by atoms with Crippen molar-refractivity contribution >= 4 is 21.8 Å². The lowest BCUT2D eigenvalue weighted by atomic mass is 9.89. The number of hydrogen-bond donors (Lipinski definition) is 0. The zero-order valence-corrected chi connectivity index (χ0v) is 20.2. The van der Waals surface area contributed by atoms with Crippen molar-refractivity contribution in [1.82, 2.24) is 18.6 Å². The van der Waals surface area contributed by atoms with E-state index in [4.69, 9.17) is 16.3 Å². The van der Waals surface area contributed by atoms with E-state index in [0.717, 1.165) is 44.0 Å². The Morgan fingerprint density at radius 1 is 0.969 bits per heavy atom. The van der Waals surface area contributed by atoms with Crippen molar-refractivity contribution in [1.29, 1.82) is 0 Å². The highest BCUT2D eigenvalue weighted by Crippen LogP contribution is 2.45. The number of hydrazine groups is 1. The summed E-state index contributed by atoms with van der Waals surface area (Å²) >= 11 is 6.15. The molecule has 2 heterocycles. The van der Waals surface area contributed by atoms with Gasteiger partial charge in [0, 0.05) is 57.8 Å². The van der Waals surface area contributed by atoms with Gasteiger partial charge in [-0.25, -0.2) is 5.01 Å². The fourth-order valence-corrected chi connectivity index (χ4v) is 5.93. The van der Waals surface area contributed by atoms with Gasteiger partial charge in [-0.2, -0.15) is 12.7 Å². The number of nitrogens with zero attached hydrogens (tertiary/aromatic N) is 4. The summed E-state index contributed by atoms with van der Waals surface area (Å²) in [5.41, 5.74) is 2.06. The quantitative estimate of drug-likeness (QED) is 0.612. The molecule has 4 rings (SSSR count). The lowest BCUT2D eigenvalue weighted by Crippen LogP contribution is -2.50. The van der Waals surface area contributed by atoms with E-state index >= 15 is 0 Å². The number of ether oxygens (including phenoxy) is 1. The van der Waals surface area contributed by atoms with E-state index in [-0.39, 0.29) is 12.0 Å². The summed E-state index contributed by atoms with van der Waals surface area (Å²) in [4.78, 5) is 2.33. The number of benzene rings is 2. The first-order valence-electron chi connectivity index (χ1n) is 10.9. The summed E-state index contributed by atoms with van der Waals surface area (Å²) in [5, 5.41) is 2.64. The molecule has 0 radical (unpaired) electrons. The van der Waals surface area contributed by atoms with E-state index in [1.165, 1.54) is 4.31 Å². The minimum Gasteiger partial charge on any atom is -0.379 e. The van der Waals surface area contributed by atoms with Gasteiger partial charge in [0.2, 0.25) is 0 Å². The molecule has 0 aromatic heterocycles. The number of morpholine rings is 1. The predicted octanol–water partition coefficient (Wildman–Crippen LogP) is 2.84. The second-order valence-electron chi connectivity index (χ2n) is 8.44. The SMILES string of the molecule is CN(C)S(=O)(=O)N1C(c2ccc(Cl)cc2)C(c2ccccc2)CN1CCN1CCOCC1. The van der Waals surface area contributed by atoms with Gasteiger partial charge in [0.05, 0.1) is 19.3 Å². The van der Waals surface area contributed by atoms with Crippen molar-refractivity contribution in [3.05, 3.63) is 70.7 Å². The fourth-order valence-electron chi connectivity index (χ4n) is 4.47. The number of hydrogen-bond acceptors (Lipinski definition) is 5. The van der Waals surface area contributed by atoms with Crippen molar-refractivity contribution in [3.63, 3.8) is 0 Å². The Labute approximate surface area is 196 Å². The van der Waals surface area contributed by atoms with Gasteiger partial charge in [0.15, 0.2) is 0 Å². The first-order chi connectivity index (χ1) is 15.4. The van der Waals surface area contributed by atoms with Gasteiger partial charge < -0.3 is 4.74 Å². The van der Waals surface area contributed by atoms with Crippen LogP contribution in [0.25, 0.3) is 0 Å². The van der Waals surface area contributed by atoms with Crippen LogP contribution >= 0.6 is 11.6 Å². The van der Waals surface area contributed by atoms with E-state index in [2.05, 4.69) is 17.0 Å². The summed E-state index contributed by atoms with van der Waals surface area (Å²) in [6.45, 7) is 5.22. The van der Waals surface area contributed by atoms with Gasteiger partial charge >= 0.3 is 0 Å². The summed E-state index contributed by atoms with van der Waals surface area (Å²) in [6, 6.07) is 17.3. The molecule has 0 spiro atoms. The lowest BCUT2D eigenvalue weighted by molar-refractivity contribution is 0.0188. The minimum absolute atomic E-state index is 0.00297. The van der Waals surface area contributed by atoms with Crippen molar-refractivity contribution in [3.8, 4) is 0 Å². The molecule has 2 fully saturated rings. The average Bonchev–Trinajstić information content (AvgIpc) is 3.20. The van der Waals surface area contributed by atoms with Gasteiger partial charge in [-0.1, -0.05) is 54.1 Å². The monoisotopic (exact) mass is 478 g/mol. The third kappa shape index (κ3) is 5.02. The van der Waals surface area contributed by atoms with Crippen LogP contribution in [0, 0.1) is 0 Å². The van der Waals surface area contributed by atoms with Crippen LogP contribution in [0.2, 0.25) is 5.02 Å². The van der Waals surface area contributed by atoms with Crippen LogP contribution in [0.4, 0.5) is 0 Å². The minimum atomic E-state index is -3.71. The Morgan fingerprint density at radius 3 is 2.25 bits per heavy atom. The first kappa shape index (κ1) is 23.6. The zero-order valence-electron chi connectivity index (χ0n) is 18.6. The predicted molar refractivity (Wildman–Crippen MR) is 127 cm³/mol. The van der Waals surface area contributed by atoms with E-state index in [1.54, 1.807) is 18.5 Å². The highest BCUT2D eigenvalue weighted by Gasteiger charge is 2.48. The van der Waals surface area contributed by atoms with Crippen LogP contribution in [0.5, 0.6) is 0 Å². The summed E-state index contributed by atoms with van der Waals surface area (Å²) < 4.78 is 35.5. The summed E-state index contributed by atoms with van der Waals surface area (Å²) in [5.74, 6) is -0.00297. The van der Waals surface area contributed by atoms with Crippen molar-refractivity contribution in [2.24, 2.45) is 0 Å². The molecule has 2 unspecified atom stereocenters. The van der Waals surface area contributed by atoms with Gasteiger partial charge in [-0.15, -0.1) is 4.41 Å². The fraction of sp³-hybridized carbons (Fsp3) is 0.478. The molecule has 0 aliphatic carbocycles. The molecule has 2 atom stereocenters. The molecule has 2 aromatic carbocycles. The first-order valence-corrected chi connectivity index (χ1v) is 12.7. The molecule has 2 aromatic rings. The maximum absolute atomic E-state index is 13.6. The van der Waals surface area contributed by atoms with E-state index in [1.807, 2.05) is 47.5 Å². The Balaban J connectivity index is 1.72. The third-order valence-corrected chi connectivity index (χ3v) is 8.33. The molecule has 9 heteroatoms. The Kier molecular flexibility index (Phi) is 7.51. The zero-order chi connectivity index (χ0) is 22.7. The largest absolute Gasteiger partial charge is 0.379 e. The topological polar surface area (TPSA) is 56.3 Å². The maximum Gasteiger partial charge on any atom is 0.295 e. The van der Waals surface area contributed by atoms with Gasteiger partial charge in [-0.3, -0.25) is 4.90 Å². The van der Waals surface area contributed by atoms with Crippen LogP contribution < -0.4 is 0 Å². The van der Waals surface area contributed by atoms with E-state index in [0.29, 0.717) is 18.1 Å². The summed E-state index contributed by atoms with van der Waals surface area (Å²) in [7, 11) is -0.536. The third-order valence-electron chi connectivity index (χ3n) is 6.22. The molecule has 0 saturated carbocycles. The van der Waals surface area contributed by atoms with Gasteiger partial charge in [0.25, 0.3) is 10.2 Å². The Bertz CT molecular complexity index is 982. The maximum atomic E-state index is 13.6. The van der Waals surface area contributed by atoms with Crippen molar-refractivity contribution < 1.29 is 13.2 Å². The number of halogens is 1. The highest BCUT2D eigenvalue weighted by molar-refractivity contribution is 7.86. The Morgan fingerprint density at radius 2 is 1.62 bits per heavy atom. The molecule has 32 heavy (non-hydrogen) atoms. The van der Waals surface area contributed by atoms with Gasteiger partial charge in [0.1, 0.15) is 0 Å². The molecular formula is C23H31ClN4O3S. The highest BCUT2D eigenvalue weighted by atomic mass is 35.5. The molecule has 2 aliphatic rings. The molecule has 0 bridgehead atoms. The van der Waals surface area contributed by atoms with Crippen LogP contribution in [-0.2, 0) is 14.9 Å². The molecule has 2 saturated heterocycles. The molecule has 0 amide bonds. The standard InChI is InChI=1S/C23H31ClN4O3S/c1-25(2)32(29,30)28-23(20-8-10-21(24)11-9-20)22(19-6-4-3-5-7-19)18-27(28)13-12-26-14-16-31-17-15-26/h3-11,22-23H,12-18H2,1-2H3. The van der Waals surface area contributed by atoms with Crippen molar-refractivity contribution in [2.45, 2.75) is 12.0 Å². The molecular weight excluding hydrogens is 448 g/mol. The second-order valence-corrected chi connectivity index (χ2v) is 10.9. The number of rotatable bonds is 7. The smallest absolute Gasteiger partial charge is 0.295 e. The van der Waals surface area contributed by atoms with Crippen LogP contribution in [0.1, 0.15) is 23.1 Å². The second kappa shape index (κ2) is 10.2. The lowest BCUT2D eigenvalue weighted by Gasteiger charge is -2.35. The van der Waals surface area contributed by atoms with E-state index in [9.17, 15) is 8.42 Å². The normalized spacial score (nSPS) is 23.8. The van der Waals surface area contributed by atoms with E-state index < -0.39 is 10.2 Å². The molecule has 174 valence electrons. The van der Waals surface area contributed by atoms with Crippen LogP contribution in [0.15, 0.2) is 54.6 Å². The van der Waals surface area contributed by atoms with Crippen molar-refractivity contribution in [2.75, 3.05) is 60.0 Å². The summed E-state index contributed by atoms with van der Waals surface area (Å²) in [6.07, 6.45) is 0. The average molecular weight is 479 g/mol. The van der Waals surface area contributed by atoms with Crippen LogP contribution in [0.3, 0.4) is 0 Å². The van der Waals surface area contributed by atoms with Gasteiger partial charge in [-0.05, 0) is 23.3 Å².